The van der Waals surface area contributed by atoms with Crippen LogP contribution in [0.5, 0.6) is 0 Å². The van der Waals surface area contributed by atoms with Crippen molar-refractivity contribution >= 4 is 0 Å². The van der Waals surface area contributed by atoms with Gasteiger partial charge in [0, 0.05) is 5.69 Å². The molecule has 0 spiro atoms. The molecular weight excluding hydrogens is 210 g/mol. The molecule has 2 aromatic rings. The standard InChI is InChI=1S/C14H19N3/c1-10-5-4-6-13(9-10)17-12(3)14(7-8-15)11(2)16-17/h4-6,9H,7-8,15H2,1-3H3. The minimum atomic E-state index is 0.668. The van der Waals surface area contributed by atoms with Gasteiger partial charge >= 0.3 is 0 Å². The van der Waals surface area contributed by atoms with Crippen LogP contribution in [0.15, 0.2) is 24.3 Å². The van der Waals surface area contributed by atoms with Gasteiger partial charge in [0.15, 0.2) is 0 Å². The summed E-state index contributed by atoms with van der Waals surface area (Å²) in [6, 6.07) is 8.38. The Bertz CT molecular complexity index is 526. The van der Waals surface area contributed by atoms with Crippen LogP contribution >= 0.6 is 0 Å². The number of nitrogens with zero attached hydrogens (tertiary/aromatic N) is 2. The maximum Gasteiger partial charge on any atom is 0.0651 e. The molecule has 0 aliphatic rings. The van der Waals surface area contributed by atoms with Crippen molar-refractivity contribution in [1.29, 1.82) is 0 Å². The van der Waals surface area contributed by atoms with Gasteiger partial charge in [0.1, 0.15) is 0 Å². The van der Waals surface area contributed by atoms with E-state index >= 15 is 0 Å². The average Bonchev–Trinajstić information content (AvgIpc) is 2.57. The first kappa shape index (κ1) is 11.9. The van der Waals surface area contributed by atoms with E-state index in [-0.39, 0.29) is 0 Å². The molecule has 1 aromatic carbocycles. The number of hydrogen-bond donors (Lipinski definition) is 1. The van der Waals surface area contributed by atoms with E-state index in [1.54, 1.807) is 0 Å². The summed E-state index contributed by atoms with van der Waals surface area (Å²) in [5.74, 6) is 0. The number of rotatable bonds is 3. The zero-order valence-corrected chi connectivity index (χ0v) is 10.7. The summed E-state index contributed by atoms with van der Waals surface area (Å²) in [5.41, 5.74) is 11.5. The Kier molecular flexibility index (Phi) is 3.29. The van der Waals surface area contributed by atoms with Crippen molar-refractivity contribution in [3.05, 3.63) is 46.8 Å². The lowest BCUT2D eigenvalue weighted by Crippen LogP contribution is -2.05. The highest BCUT2D eigenvalue weighted by atomic mass is 15.3. The van der Waals surface area contributed by atoms with Crippen molar-refractivity contribution in [2.75, 3.05) is 6.54 Å². The summed E-state index contributed by atoms with van der Waals surface area (Å²) < 4.78 is 2.01. The molecule has 3 nitrogen and oxygen atoms in total. The van der Waals surface area contributed by atoms with E-state index in [1.165, 1.54) is 16.8 Å². The first-order valence-electron chi connectivity index (χ1n) is 5.95. The topological polar surface area (TPSA) is 43.8 Å². The molecule has 1 aromatic heterocycles. The molecule has 17 heavy (non-hydrogen) atoms. The van der Waals surface area contributed by atoms with E-state index in [4.69, 9.17) is 5.73 Å². The molecule has 0 saturated carbocycles. The highest BCUT2D eigenvalue weighted by Gasteiger charge is 2.11. The fraction of sp³-hybridized carbons (Fsp3) is 0.357. The van der Waals surface area contributed by atoms with Crippen molar-refractivity contribution < 1.29 is 0 Å². The zero-order valence-electron chi connectivity index (χ0n) is 10.7. The van der Waals surface area contributed by atoms with Crippen LogP contribution in [0.25, 0.3) is 5.69 Å². The van der Waals surface area contributed by atoms with E-state index in [1.807, 2.05) is 11.6 Å². The normalized spacial score (nSPS) is 10.8. The molecule has 0 bridgehead atoms. The van der Waals surface area contributed by atoms with Gasteiger partial charge < -0.3 is 5.73 Å². The Morgan fingerprint density at radius 2 is 2.00 bits per heavy atom. The van der Waals surface area contributed by atoms with Crippen LogP contribution in [0.4, 0.5) is 0 Å². The summed E-state index contributed by atoms with van der Waals surface area (Å²) in [6.45, 7) is 6.91. The summed E-state index contributed by atoms with van der Waals surface area (Å²) in [6.07, 6.45) is 0.892. The Morgan fingerprint density at radius 1 is 1.24 bits per heavy atom. The Morgan fingerprint density at radius 3 is 2.65 bits per heavy atom. The van der Waals surface area contributed by atoms with Gasteiger partial charge in [-0.3, -0.25) is 0 Å². The predicted molar refractivity (Wildman–Crippen MR) is 70.5 cm³/mol. The van der Waals surface area contributed by atoms with Gasteiger partial charge in [0.25, 0.3) is 0 Å². The molecule has 0 amide bonds. The van der Waals surface area contributed by atoms with Crippen LogP contribution < -0.4 is 5.73 Å². The van der Waals surface area contributed by atoms with Gasteiger partial charge in [-0.15, -0.1) is 0 Å². The summed E-state index contributed by atoms with van der Waals surface area (Å²) in [7, 11) is 0. The Labute approximate surface area is 102 Å². The van der Waals surface area contributed by atoms with E-state index in [0.717, 1.165) is 17.8 Å². The lowest BCUT2D eigenvalue weighted by atomic mass is 10.1. The smallest absolute Gasteiger partial charge is 0.0651 e. The molecule has 90 valence electrons. The molecule has 0 saturated heterocycles. The fourth-order valence-corrected chi connectivity index (χ4v) is 2.19. The molecule has 3 heteroatoms. The second kappa shape index (κ2) is 4.72. The second-order valence-electron chi connectivity index (χ2n) is 4.44. The maximum absolute atomic E-state index is 5.63. The first-order valence-corrected chi connectivity index (χ1v) is 5.95. The fourth-order valence-electron chi connectivity index (χ4n) is 2.19. The highest BCUT2D eigenvalue weighted by Crippen LogP contribution is 2.18. The minimum Gasteiger partial charge on any atom is -0.330 e. The van der Waals surface area contributed by atoms with Gasteiger partial charge in [-0.25, -0.2) is 4.68 Å². The first-order chi connectivity index (χ1) is 8.13. The zero-order chi connectivity index (χ0) is 12.4. The van der Waals surface area contributed by atoms with Gasteiger partial charge in [-0.2, -0.15) is 5.10 Å². The van der Waals surface area contributed by atoms with Gasteiger partial charge in [0.05, 0.1) is 11.4 Å². The van der Waals surface area contributed by atoms with Crippen molar-refractivity contribution in [3.8, 4) is 5.69 Å². The van der Waals surface area contributed by atoms with Gasteiger partial charge in [-0.05, 0) is 57.0 Å². The quantitative estimate of drug-likeness (QED) is 0.877. The third kappa shape index (κ3) is 2.24. The largest absolute Gasteiger partial charge is 0.330 e. The molecule has 2 rings (SSSR count). The highest BCUT2D eigenvalue weighted by molar-refractivity contribution is 5.39. The summed E-state index contributed by atoms with van der Waals surface area (Å²) in [5, 5.41) is 4.60. The molecule has 0 atom stereocenters. The van der Waals surface area contributed by atoms with E-state index in [0.29, 0.717) is 6.54 Å². The molecule has 1 heterocycles. The average molecular weight is 229 g/mol. The molecule has 0 aliphatic carbocycles. The number of benzene rings is 1. The lowest BCUT2D eigenvalue weighted by molar-refractivity contribution is 0.831. The van der Waals surface area contributed by atoms with Crippen LogP contribution in [-0.4, -0.2) is 16.3 Å². The van der Waals surface area contributed by atoms with Crippen LogP contribution in [0.2, 0.25) is 0 Å². The SMILES string of the molecule is Cc1cccc(-n2nc(C)c(CCN)c2C)c1. The number of nitrogens with two attached hydrogens (primary N) is 1. The van der Waals surface area contributed by atoms with Crippen LogP contribution in [0.1, 0.15) is 22.5 Å². The molecule has 0 radical (unpaired) electrons. The number of aryl methyl sites for hydroxylation is 2. The van der Waals surface area contributed by atoms with Crippen LogP contribution in [0, 0.1) is 20.8 Å². The maximum atomic E-state index is 5.63. The minimum absolute atomic E-state index is 0.668. The van der Waals surface area contributed by atoms with E-state index < -0.39 is 0 Å². The third-order valence-corrected chi connectivity index (χ3v) is 3.08. The van der Waals surface area contributed by atoms with E-state index in [9.17, 15) is 0 Å². The van der Waals surface area contributed by atoms with Crippen molar-refractivity contribution in [3.63, 3.8) is 0 Å². The molecule has 2 N–H and O–H groups in total. The van der Waals surface area contributed by atoms with Gasteiger partial charge in [-0.1, -0.05) is 12.1 Å². The van der Waals surface area contributed by atoms with Gasteiger partial charge in [0.2, 0.25) is 0 Å². The third-order valence-electron chi connectivity index (χ3n) is 3.08. The Hall–Kier alpha value is -1.61. The summed E-state index contributed by atoms with van der Waals surface area (Å²) >= 11 is 0. The monoisotopic (exact) mass is 229 g/mol. The Balaban J connectivity index is 2.50. The van der Waals surface area contributed by atoms with Crippen LogP contribution in [0.3, 0.4) is 0 Å². The second-order valence-corrected chi connectivity index (χ2v) is 4.44. The van der Waals surface area contributed by atoms with Crippen molar-refractivity contribution in [1.82, 2.24) is 9.78 Å². The molecular formula is C14H19N3. The lowest BCUT2D eigenvalue weighted by Gasteiger charge is -2.06. The predicted octanol–water partition coefficient (Wildman–Crippen LogP) is 2.30. The van der Waals surface area contributed by atoms with Crippen molar-refractivity contribution in [2.45, 2.75) is 27.2 Å². The number of aromatic nitrogens is 2. The van der Waals surface area contributed by atoms with Crippen molar-refractivity contribution in [2.24, 2.45) is 5.73 Å². The summed E-state index contributed by atoms with van der Waals surface area (Å²) in [4.78, 5) is 0. The number of hydrogen-bond acceptors (Lipinski definition) is 2. The molecule has 0 aliphatic heterocycles. The van der Waals surface area contributed by atoms with Crippen LogP contribution in [-0.2, 0) is 6.42 Å². The molecule has 0 unspecified atom stereocenters. The van der Waals surface area contributed by atoms with E-state index in [2.05, 4.69) is 43.2 Å². The molecule has 0 fully saturated rings.